The number of hydrogen-bond donors (Lipinski definition) is 1. The zero-order valence-corrected chi connectivity index (χ0v) is 16.4. The number of nitrogens with one attached hydrogen (secondary N) is 1. The van der Waals surface area contributed by atoms with Crippen LogP contribution in [0.5, 0.6) is 0 Å². The van der Waals surface area contributed by atoms with Crippen molar-refractivity contribution in [2.24, 2.45) is 0 Å². The number of methoxy groups -OCH3 is 1. The van der Waals surface area contributed by atoms with Crippen LogP contribution in [0.2, 0.25) is 0 Å². The number of nitrogens with zero attached hydrogens (tertiary/aromatic N) is 1. The van der Waals surface area contributed by atoms with Crippen LogP contribution in [0.25, 0.3) is 0 Å². The van der Waals surface area contributed by atoms with Gasteiger partial charge >= 0.3 is 11.9 Å². The largest absolute Gasteiger partial charge is 0.466 e. The highest BCUT2D eigenvalue weighted by Gasteiger charge is 2.35. The zero-order valence-electron chi connectivity index (χ0n) is 15.6. The molecule has 7 heteroatoms. The van der Waals surface area contributed by atoms with E-state index in [4.69, 9.17) is 9.47 Å². The molecule has 0 spiro atoms. The molecule has 6 nitrogen and oxygen atoms in total. The second kappa shape index (κ2) is 9.83. The number of dihydropyridines is 1. The fraction of sp³-hybridized carbons (Fsp3) is 0.350. The van der Waals surface area contributed by atoms with Crippen molar-refractivity contribution >= 4 is 23.7 Å². The fourth-order valence-corrected chi connectivity index (χ4v) is 3.87. The molecule has 0 bridgehead atoms. The Labute approximate surface area is 163 Å². The van der Waals surface area contributed by atoms with Crippen LogP contribution in [0.15, 0.2) is 52.2 Å². The van der Waals surface area contributed by atoms with Crippen molar-refractivity contribution in [3.8, 4) is 6.07 Å². The summed E-state index contributed by atoms with van der Waals surface area (Å²) in [5.41, 5.74) is 2.31. The van der Waals surface area contributed by atoms with Crippen LogP contribution in [-0.2, 0) is 19.1 Å². The fourth-order valence-electron chi connectivity index (χ4n) is 2.86. The lowest BCUT2D eigenvalue weighted by Gasteiger charge is -2.29. The Hall–Kier alpha value is -2.72. The van der Waals surface area contributed by atoms with Crippen molar-refractivity contribution in [2.75, 3.05) is 19.5 Å². The molecule has 0 amide bonds. The van der Waals surface area contributed by atoms with Gasteiger partial charge in [-0.3, -0.25) is 4.79 Å². The van der Waals surface area contributed by atoms with E-state index in [1.165, 1.54) is 18.9 Å². The molecule has 0 saturated carbocycles. The Bertz CT molecular complexity index is 809. The van der Waals surface area contributed by atoms with Crippen molar-refractivity contribution in [1.29, 1.82) is 5.26 Å². The molecule has 0 fully saturated rings. The monoisotopic (exact) mass is 386 g/mol. The Balaban J connectivity index is 2.37. The molecule has 1 aliphatic heterocycles. The summed E-state index contributed by atoms with van der Waals surface area (Å²) in [5.74, 6) is -0.802. The minimum Gasteiger partial charge on any atom is -0.466 e. The van der Waals surface area contributed by atoms with Gasteiger partial charge in [0.05, 0.1) is 48.3 Å². The van der Waals surface area contributed by atoms with E-state index in [0.29, 0.717) is 34.2 Å². The number of allylic oxidation sites excluding steroid dienone is 2. The predicted octanol–water partition coefficient (Wildman–Crippen LogP) is 3.24. The molecule has 1 atom stereocenters. The highest BCUT2D eigenvalue weighted by molar-refractivity contribution is 8.03. The quantitative estimate of drug-likeness (QED) is 0.720. The van der Waals surface area contributed by atoms with E-state index in [-0.39, 0.29) is 12.4 Å². The third-order valence-corrected chi connectivity index (χ3v) is 5.06. The third kappa shape index (κ3) is 4.92. The van der Waals surface area contributed by atoms with Gasteiger partial charge in [-0.05, 0) is 19.4 Å². The molecule has 0 unspecified atom stereocenters. The number of carbonyl (C=O) groups is 2. The van der Waals surface area contributed by atoms with Crippen molar-refractivity contribution in [3.05, 3.63) is 57.8 Å². The van der Waals surface area contributed by atoms with Crippen molar-refractivity contribution < 1.29 is 19.1 Å². The molecular weight excluding hydrogens is 364 g/mol. The van der Waals surface area contributed by atoms with Crippen LogP contribution >= 0.6 is 11.8 Å². The van der Waals surface area contributed by atoms with Gasteiger partial charge in [0.25, 0.3) is 0 Å². The second-order valence-corrected chi connectivity index (χ2v) is 6.86. The third-order valence-electron chi connectivity index (χ3n) is 4.04. The summed E-state index contributed by atoms with van der Waals surface area (Å²) in [5, 5.41) is 13.6. The first-order valence-corrected chi connectivity index (χ1v) is 9.55. The molecule has 1 aromatic carbocycles. The van der Waals surface area contributed by atoms with Crippen molar-refractivity contribution in [1.82, 2.24) is 5.32 Å². The average Bonchev–Trinajstić information content (AvgIpc) is 2.67. The van der Waals surface area contributed by atoms with Crippen LogP contribution in [0, 0.1) is 11.3 Å². The Morgan fingerprint density at radius 1 is 1.30 bits per heavy atom. The zero-order chi connectivity index (χ0) is 19.8. The Morgan fingerprint density at radius 3 is 2.59 bits per heavy atom. The van der Waals surface area contributed by atoms with Gasteiger partial charge in [0.2, 0.25) is 0 Å². The summed E-state index contributed by atoms with van der Waals surface area (Å²) < 4.78 is 9.88. The second-order valence-electron chi connectivity index (χ2n) is 5.76. The summed E-state index contributed by atoms with van der Waals surface area (Å²) in [7, 11) is 1.32. The van der Waals surface area contributed by atoms with E-state index in [2.05, 4.69) is 11.4 Å². The van der Waals surface area contributed by atoms with Crippen LogP contribution in [0.3, 0.4) is 0 Å². The number of thioether (sulfide) groups is 1. The molecule has 142 valence electrons. The molecule has 0 aromatic heterocycles. The van der Waals surface area contributed by atoms with Gasteiger partial charge < -0.3 is 14.8 Å². The average molecular weight is 386 g/mol. The number of hydrogen-bond acceptors (Lipinski definition) is 7. The summed E-state index contributed by atoms with van der Waals surface area (Å²) >= 11 is 1.37. The van der Waals surface area contributed by atoms with Crippen LogP contribution < -0.4 is 5.32 Å². The Kier molecular flexibility index (Phi) is 7.50. The minimum atomic E-state index is -0.519. The number of esters is 2. The predicted molar refractivity (Wildman–Crippen MR) is 103 cm³/mol. The molecular formula is C20H22N2O4S. The highest BCUT2D eigenvalue weighted by Crippen LogP contribution is 2.40. The van der Waals surface area contributed by atoms with Crippen LogP contribution in [-0.4, -0.2) is 31.4 Å². The van der Waals surface area contributed by atoms with Gasteiger partial charge in [-0.1, -0.05) is 30.3 Å². The van der Waals surface area contributed by atoms with Crippen LogP contribution in [0.4, 0.5) is 0 Å². The van der Waals surface area contributed by atoms with E-state index < -0.39 is 11.9 Å². The van der Waals surface area contributed by atoms with Crippen molar-refractivity contribution in [3.63, 3.8) is 0 Å². The lowest BCUT2D eigenvalue weighted by molar-refractivity contribution is -0.142. The SMILES string of the molecule is CCOC(=O)CCSC1=C(C#N)[C@@H](c2ccccc2)C(C(=O)OC)=C(C)N1. The molecule has 0 aliphatic carbocycles. The molecule has 2 rings (SSSR count). The summed E-state index contributed by atoms with van der Waals surface area (Å²) in [6.07, 6.45) is 0.241. The van der Waals surface area contributed by atoms with E-state index in [1.807, 2.05) is 30.3 Å². The first-order chi connectivity index (χ1) is 13.0. The van der Waals surface area contributed by atoms with Gasteiger partial charge in [-0.25, -0.2) is 4.79 Å². The van der Waals surface area contributed by atoms with Crippen LogP contribution in [0.1, 0.15) is 31.7 Å². The maximum Gasteiger partial charge on any atom is 0.336 e. The van der Waals surface area contributed by atoms with Gasteiger partial charge in [0, 0.05) is 11.4 Å². The number of rotatable bonds is 7. The summed E-state index contributed by atoms with van der Waals surface area (Å²) in [4.78, 5) is 23.9. The maximum atomic E-state index is 12.4. The molecule has 0 radical (unpaired) electrons. The Morgan fingerprint density at radius 2 is 2.00 bits per heavy atom. The summed E-state index contributed by atoms with van der Waals surface area (Å²) in [6, 6.07) is 11.6. The first-order valence-electron chi connectivity index (χ1n) is 8.57. The van der Waals surface area contributed by atoms with Gasteiger partial charge in [-0.2, -0.15) is 5.26 Å². The van der Waals surface area contributed by atoms with E-state index in [1.54, 1.807) is 13.8 Å². The lowest BCUT2D eigenvalue weighted by Crippen LogP contribution is -2.28. The van der Waals surface area contributed by atoms with Gasteiger partial charge in [0.15, 0.2) is 0 Å². The van der Waals surface area contributed by atoms with E-state index in [0.717, 1.165) is 5.56 Å². The molecule has 1 aliphatic rings. The van der Waals surface area contributed by atoms with E-state index in [9.17, 15) is 14.9 Å². The number of carbonyl (C=O) groups excluding carboxylic acids is 2. The number of nitriles is 1. The standard InChI is InChI=1S/C20H22N2O4S/c1-4-26-16(23)10-11-27-19-15(12-21)18(14-8-6-5-7-9-14)17(13(2)22-19)20(24)25-3/h5-9,18,22H,4,10-11H2,1-3H3/t18-/m1/s1. The molecule has 1 aromatic rings. The number of ether oxygens (including phenoxy) is 2. The van der Waals surface area contributed by atoms with Crippen molar-refractivity contribution in [2.45, 2.75) is 26.2 Å². The molecule has 1 heterocycles. The van der Waals surface area contributed by atoms with Gasteiger partial charge in [-0.15, -0.1) is 11.8 Å². The minimum absolute atomic E-state index is 0.241. The maximum absolute atomic E-state index is 12.4. The normalized spacial score (nSPS) is 16.4. The smallest absolute Gasteiger partial charge is 0.336 e. The number of benzene rings is 1. The molecule has 1 N–H and O–H groups in total. The van der Waals surface area contributed by atoms with Gasteiger partial charge in [0.1, 0.15) is 0 Å². The first kappa shape index (κ1) is 20.6. The summed E-state index contributed by atoms with van der Waals surface area (Å²) in [6.45, 7) is 3.88. The lowest BCUT2D eigenvalue weighted by atomic mass is 9.82. The molecule has 0 saturated heterocycles. The highest BCUT2D eigenvalue weighted by atomic mass is 32.2. The topological polar surface area (TPSA) is 88.4 Å². The molecule has 27 heavy (non-hydrogen) atoms. The van der Waals surface area contributed by atoms with E-state index >= 15 is 0 Å².